The number of sulfonamides is 1. The highest BCUT2D eigenvalue weighted by Crippen LogP contribution is 2.33. The van der Waals surface area contributed by atoms with Crippen molar-refractivity contribution in [1.82, 2.24) is 10.2 Å². The van der Waals surface area contributed by atoms with Crippen LogP contribution in [0.3, 0.4) is 0 Å². The molecule has 3 rings (SSSR count). The Labute approximate surface area is 230 Å². The van der Waals surface area contributed by atoms with Gasteiger partial charge < -0.3 is 19.7 Å². The number of carbonyl (C=O) groups is 2. The topological polar surface area (TPSA) is 105 Å². The quantitative estimate of drug-likeness (QED) is 0.389. The van der Waals surface area contributed by atoms with Gasteiger partial charge in [0.25, 0.3) is 10.0 Å². The maximum atomic E-state index is 14.1. The summed E-state index contributed by atoms with van der Waals surface area (Å²) in [7, 11) is 0.122. The van der Waals surface area contributed by atoms with Gasteiger partial charge in [0.1, 0.15) is 12.6 Å². The van der Waals surface area contributed by atoms with Crippen LogP contribution in [0.5, 0.6) is 11.5 Å². The first-order valence-electron chi connectivity index (χ1n) is 12.4. The molecular weight excluding hydrogens is 518 g/mol. The lowest BCUT2D eigenvalue weighted by Gasteiger charge is -2.32. The molecular formula is C29H35N3O6S. The zero-order valence-corrected chi connectivity index (χ0v) is 23.9. The van der Waals surface area contributed by atoms with Crippen molar-refractivity contribution in [1.29, 1.82) is 0 Å². The molecule has 1 atom stereocenters. The molecule has 0 heterocycles. The Morgan fingerprint density at radius 2 is 1.51 bits per heavy atom. The van der Waals surface area contributed by atoms with Crippen molar-refractivity contribution in [2.75, 3.05) is 32.1 Å². The number of likely N-dealkylation sites (N-methyl/N-ethyl adjacent to an activating group) is 1. The van der Waals surface area contributed by atoms with Crippen molar-refractivity contribution in [3.05, 3.63) is 83.4 Å². The van der Waals surface area contributed by atoms with Gasteiger partial charge in [-0.1, -0.05) is 36.4 Å². The lowest BCUT2D eigenvalue weighted by Crippen LogP contribution is -2.50. The standard InChI is InChI=1S/C29H35N3O6S/c1-20-14-21(2)16-24(15-20)32(39(35,36)25-12-13-26(37-5)27(17-25)38-6)19-28(33)31(22(3)29(34)30-4)18-23-10-8-7-9-11-23/h7-17,22H,18-19H2,1-6H3,(H,30,34)/t22-/m1/s1. The molecule has 2 amide bonds. The highest BCUT2D eigenvalue weighted by Gasteiger charge is 2.33. The fourth-order valence-electron chi connectivity index (χ4n) is 4.30. The lowest BCUT2D eigenvalue weighted by atomic mass is 10.1. The van der Waals surface area contributed by atoms with E-state index in [-0.39, 0.29) is 23.1 Å². The van der Waals surface area contributed by atoms with Gasteiger partial charge in [0.15, 0.2) is 11.5 Å². The first-order chi connectivity index (χ1) is 18.5. The number of rotatable bonds is 11. The lowest BCUT2D eigenvalue weighted by molar-refractivity contribution is -0.139. The molecule has 0 fully saturated rings. The van der Waals surface area contributed by atoms with E-state index in [2.05, 4.69) is 5.32 Å². The molecule has 3 aromatic carbocycles. The Balaban J connectivity index is 2.10. The van der Waals surface area contributed by atoms with Crippen LogP contribution >= 0.6 is 0 Å². The van der Waals surface area contributed by atoms with Gasteiger partial charge in [0.2, 0.25) is 11.8 Å². The number of nitrogens with one attached hydrogen (secondary N) is 1. The van der Waals surface area contributed by atoms with Gasteiger partial charge in [-0.2, -0.15) is 0 Å². The fraction of sp³-hybridized carbons (Fsp3) is 0.310. The zero-order valence-electron chi connectivity index (χ0n) is 23.1. The first kappa shape index (κ1) is 29.5. The van der Waals surface area contributed by atoms with E-state index >= 15 is 0 Å². The molecule has 3 aromatic rings. The van der Waals surface area contributed by atoms with E-state index in [0.717, 1.165) is 21.0 Å². The third-order valence-electron chi connectivity index (χ3n) is 6.33. The first-order valence-corrected chi connectivity index (χ1v) is 13.8. The molecule has 208 valence electrons. The Hall–Kier alpha value is -4.05. The molecule has 0 aliphatic rings. The number of hydrogen-bond acceptors (Lipinski definition) is 6. The minimum Gasteiger partial charge on any atom is -0.493 e. The van der Waals surface area contributed by atoms with Crippen LogP contribution in [-0.2, 0) is 26.2 Å². The van der Waals surface area contributed by atoms with E-state index in [1.807, 2.05) is 50.2 Å². The van der Waals surface area contributed by atoms with Crippen LogP contribution in [0.4, 0.5) is 5.69 Å². The second kappa shape index (κ2) is 12.7. The van der Waals surface area contributed by atoms with Crippen molar-refractivity contribution in [2.24, 2.45) is 0 Å². The summed E-state index contributed by atoms with van der Waals surface area (Å²) < 4.78 is 39.8. The SMILES string of the molecule is CNC(=O)[C@@H](C)N(Cc1ccccc1)C(=O)CN(c1cc(C)cc(C)c1)S(=O)(=O)c1ccc(OC)c(OC)c1. The van der Waals surface area contributed by atoms with Crippen molar-refractivity contribution >= 4 is 27.5 Å². The van der Waals surface area contributed by atoms with Crippen LogP contribution < -0.4 is 19.1 Å². The van der Waals surface area contributed by atoms with Gasteiger partial charge in [0, 0.05) is 19.7 Å². The highest BCUT2D eigenvalue weighted by molar-refractivity contribution is 7.92. The number of benzene rings is 3. The molecule has 0 aromatic heterocycles. The molecule has 0 saturated carbocycles. The summed E-state index contributed by atoms with van der Waals surface area (Å²) in [5.74, 6) is -0.277. The maximum Gasteiger partial charge on any atom is 0.264 e. The van der Waals surface area contributed by atoms with Crippen LogP contribution in [0.1, 0.15) is 23.6 Å². The van der Waals surface area contributed by atoms with Gasteiger partial charge in [-0.15, -0.1) is 0 Å². The summed E-state index contributed by atoms with van der Waals surface area (Å²) in [5.41, 5.74) is 2.82. The minimum atomic E-state index is -4.25. The summed E-state index contributed by atoms with van der Waals surface area (Å²) in [6, 6.07) is 18.0. The van der Waals surface area contributed by atoms with Crippen molar-refractivity contribution in [2.45, 2.75) is 38.3 Å². The fourth-order valence-corrected chi connectivity index (χ4v) is 5.71. The number of nitrogens with zero attached hydrogens (tertiary/aromatic N) is 2. The van der Waals surface area contributed by atoms with E-state index in [1.165, 1.54) is 44.4 Å². The summed E-state index contributed by atoms with van der Waals surface area (Å²) >= 11 is 0. The zero-order chi connectivity index (χ0) is 28.7. The summed E-state index contributed by atoms with van der Waals surface area (Å²) in [6.45, 7) is 4.94. The molecule has 1 N–H and O–H groups in total. The molecule has 10 heteroatoms. The number of amides is 2. The molecule has 0 radical (unpaired) electrons. The van der Waals surface area contributed by atoms with Gasteiger partial charge in [-0.3, -0.25) is 13.9 Å². The second-order valence-electron chi connectivity index (χ2n) is 9.17. The van der Waals surface area contributed by atoms with E-state index in [0.29, 0.717) is 11.4 Å². The average molecular weight is 554 g/mol. The van der Waals surface area contributed by atoms with E-state index in [1.54, 1.807) is 19.1 Å². The van der Waals surface area contributed by atoms with Gasteiger partial charge in [-0.25, -0.2) is 8.42 Å². The number of methoxy groups -OCH3 is 2. The molecule has 0 bridgehead atoms. The van der Waals surface area contributed by atoms with E-state index in [9.17, 15) is 18.0 Å². The Morgan fingerprint density at radius 3 is 2.08 bits per heavy atom. The van der Waals surface area contributed by atoms with E-state index in [4.69, 9.17) is 9.47 Å². The second-order valence-corrected chi connectivity index (χ2v) is 11.0. The largest absolute Gasteiger partial charge is 0.493 e. The smallest absolute Gasteiger partial charge is 0.264 e. The molecule has 9 nitrogen and oxygen atoms in total. The Bertz CT molecular complexity index is 1410. The minimum absolute atomic E-state index is 0.0685. The Morgan fingerprint density at radius 1 is 0.897 bits per heavy atom. The summed E-state index contributed by atoms with van der Waals surface area (Å²) in [4.78, 5) is 27.8. The van der Waals surface area contributed by atoms with Crippen LogP contribution in [-0.4, -0.2) is 59.0 Å². The van der Waals surface area contributed by atoms with Crippen LogP contribution in [0, 0.1) is 13.8 Å². The molecule has 0 spiro atoms. The number of hydrogen-bond donors (Lipinski definition) is 1. The van der Waals surface area contributed by atoms with Crippen LogP contribution in [0.25, 0.3) is 0 Å². The normalized spacial score (nSPS) is 11.8. The highest BCUT2D eigenvalue weighted by atomic mass is 32.2. The number of anilines is 1. The van der Waals surface area contributed by atoms with Gasteiger partial charge >= 0.3 is 0 Å². The molecule has 0 aliphatic carbocycles. The molecule has 0 saturated heterocycles. The third kappa shape index (κ3) is 6.88. The Kier molecular flexibility index (Phi) is 9.58. The average Bonchev–Trinajstić information content (AvgIpc) is 2.93. The molecule has 0 aliphatic heterocycles. The monoisotopic (exact) mass is 553 g/mol. The number of ether oxygens (including phenoxy) is 2. The predicted molar refractivity (Wildman–Crippen MR) is 151 cm³/mol. The van der Waals surface area contributed by atoms with Crippen molar-refractivity contribution in [3.63, 3.8) is 0 Å². The number of carbonyl (C=O) groups excluding carboxylic acids is 2. The van der Waals surface area contributed by atoms with Crippen molar-refractivity contribution < 1.29 is 27.5 Å². The summed E-state index contributed by atoms with van der Waals surface area (Å²) in [6.07, 6.45) is 0. The molecule has 0 unspecified atom stereocenters. The van der Waals surface area contributed by atoms with Gasteiger partial charge in [0.05, 0.1) is 24.8 Å². The van der Waals surface area contributed by atoms with Crippen LogP contribution in [0.2, 0.25) is 0 Å². The van der Waals surface area contributed by atoms with Gasteiger partial charge in [-0.05, 0) is 61.7 Å². The number of aryl methyl sites for hydroxylation is 2. The van der Waals surface area contributed by atoms with E-state index < -0.39 is 28.5 Å². The van der Waals surface area contributed by atoms with Crippen molar-refractivity contribution in [3.8, 4) is 11.5 Å². The molecule has 39 heavy (non-hydrogen) atoms. The maximum absolute atomic E-state index is 14.1. The third-order valence-corrected chi connectivity index (χ3v) is 8.10. The predicted octanol–water partition coefficient (Wildman–Crippen LogP) is 3.68. The van der Waals surface area contributed by atoms with Crippen LogP contribution in [0.15, 0.2) is 71.6 Å². The summed E-state index contributed by atoms with van der Waals surface area (Å²) in [5, 5.41) is 2.57.